The van der Waals surface area contributed by atoms with Gasteiger partial charge in [-0.05, 0) is 31.3 Å². The molecule has 1 fully saturated rings. The molecule has 0 radical (unpaired) electrons. The Labute approximate surface area is 137 Å². The van der Waals surface area contributed by atoms with Crippen LogP contribution in [0.15, 0.2) is 17.7 Å². The van der Waals surface area contributed by atoms with Crippen molar-refractivity contribution >= 4 is 35.2 Å². The van der Waals surface area contributed by atoms with Crippen molar-refractivity contribution in [2.24, 2.45) is 0 Å². The average Bonchev–Trinajstić information content (AvgIpc) is 2.97. The first-order valence-corrected chi connectivity index (χ1v) is 7.32. The van der Waals surface area contributed by atoms with E-state index in [1.807, 2.05) is 0 Å². The number of likely N-dealkylation sites (N-methyl/N-ethyl adjacent to an activating group) is 1. The highest BCUT2D eigenvalue weighted by molar-refractivity contribution is 7.80. The number of hydrogen-bond acceptors (Lipinski definition) is 6. The van der Waals surface area contributed by atoms with Gasteiger partial charge in [0.25, 0.3) is 11.8 Å². The van der Waals surface area contributed by atoms with Crippen molar-refractivity contribution in [3.63, 3.8) is 0 Å². The Kier molecular flexibility index (Phi) is 3.91. The fourth-order valence-electron chi connectivity index (χ4n) is 2.37. The highest BCUT2D eigenvalue weighted by Gasteiger charge is 2.32. The fraction of sp³-hybridized carbons (Fsp3) is 0.267. The third-order valence-electron chi connectivity index (χ3n) is 3.53. The molecule has 0 atom stereocenters. The summed E-state index contributed by atoms with van der Waals surface area (Å²) in [5.74, 6) is 0.577. The van der Waals surface area contributed by atoms with Gasteiger partial charge in [0, 0.05) is 18.2 Å². The van der Waals surface area contributed by atoms with Crippen LogP contribution in [0.5, 0.6) is 17.2 Å². The van der Waals surface area contributed by atoms with Crippen LogP contribution in [0.2, 0.25) is 0 Å². The smallest absolute Gasteiger partial charge is 0.265 e. The van der Waals surface area contributed by atoms with E-state index >= 15 is 0 Å². The quantitative estimate of drug-likeness (QED) is 0.506. The first-order chi connectivity index (χ1) is 11.0. The second-order valence-electron chi connectivity index (χ2n) is 4.81. The summed E-state index contributed by atoms with van der Waals surface area (Å²) in [5, 5.41) is 2.61. The van der Waals surface area contributed by atoms with Crippen molar-refractivity contribution in [3.8, 4) is 17.2 Å². The van der Waals surface area contributed by atoms with Crippen LogP contribution >= 0.6 is 12.2 Å². The largest absolute Gasteiger partial charge is 0.496 e. The number of benzene rings is 1. The first-order valence-electron chi connectivity index (χ1n) is 6.91. The number of rotatable bonds is 3. The molecule has 0 unspecified atom stereocenters. The van der Waals surface area contributed by atoms with Gasteiger partial charge in [-0.3, -0.25) is 19.8 Å². The lowest BCUT2D eigenvalue weighted by atomic mass is 10.1. The van der Waals surface area contributed by atoms with Gasteiger partial charge in [0.15, 0.2) is 16.6 Å². The summed E-state index contributed by atoms with van der Waals surface area (Å²) >= 11 is 5.00. The van der Waals surface area contributed by atoms with Gasteiger partial charge < -0.3 is 14.2 Å². The second kappa shape index (κ2) is 5.88. The number of fused-ring (bicyclic) bond motifs is 1. The fourth-order valence-corrected chi connectivity index (χ4v) is 2.67. The summed E-state index contributed by atoms with van der Waals surface area (Å²) in [6.07, 6.45) is 1.46. The number of hydrogen-bond donors (Lipinski definition) is 1. The molecule has 0 aromatic heterocycles. The summed E-state index contributed by atoms with van der Waals surface area (Å²) in [6.45, 7) is 2.27. The molecule has 1 aromatic rings. The lowest BCUT2D eigenvalue weighted by Gasteiger charge is -2.27. The van der Waals surface area contributed by atoms with Crippen molar-refractivity contribution in [3.05, 3.63) is 23.3 Å². The highest BCUT2D eigenvalue weighted by atomic mass is 32.1. The molecule has 1 N–H and O–H groups in total. The number of carbonyl (C=O) groups excluding carboxylic acids is 2. The summed E-state index contributed by atoms with van der Waals surface area (Å²) in [6, 6.07) is 3.32. The van der Waals surface area contributed by atoms with Gasteiger partial charge in [0.2, 0.25) is 6.79 Å². The molecule has 1 saturated heterocycles. The Balaban J connectivity index is 2.05. The molecule has 0 spiro atoms. The van der Waals surface area contributed by atoms with E-state index in [2.05, 4.69) is 5.32 Å². The maximum Gasteiger partial charge on any atom is 0.265 e. The number of ether oxygens (including phenoxy) is 3. The van der Waals surface area contributed by atoms with Crippen LogP contribution in [-0.2, 0) is 9.59 Å². The Bertz CT molecular complexity index is 744. The Morgan fingerprint density at radius 1 is 1.35 bits per heavy atom. The van der Waals surface area contributed by atoms with E-state index in [-0.39, 0.29) is 17.5 Å². The van der Waals surface area contributed by atoms with Crippen LogP contribution < -0.4 is 19.5 Å². The highest BCUT2D eigenvalue weighted by Crippen LogP contribution is 2.39. The van der Waals surface area contributed by atoms with Gasteiger partial charge in [-0.1, -0.05) is 0 Å². The maximum absolute atomic E-state index is 12.4. The molecule has 2 heterocycles. The molecule has 7 nitrogen and oxygen atoms in total. The Morgan fingerprint density at radius 3 is 2.70 bits per heavy atom. The number of amides is 2. The van der Waals surface area contributed by atoms with Crippen molar-refractivity contribution in [2.75, 3.05) is 20.4 Å². The molecule has 2 aliphatic heterocycles. The molecule has 0 aliphatic carbocycles. The topological polar surface area (TPSA) is 77.1 Å². The van der Waals surface area contributed by atoms with Crippen LogP contribution in [0.4, 0.5) is 0 Å². The number of nitrogens with one attached hydrogen (secondary N) is 1. The zero-order chi connectivity index (χ0) is 16.6. The standard InChI is InChI=1S/C15H14N2O5S/c1-3-17-14(19)9(13(18)16-15(17)23)4-8-5-11-12(22-7-21-11)6-10(8)20-2/h4-6H,3,7H2,1-2H3,(H,16,18,23)/b9-4+. The summed E-state index contributed by atoms with van der Waals surface area (Å²) in [5.41, 5.74) is 0.525. The monoisotopic (exact) mass is 334 g/mol. The number of carbonyl (C=O) groups is 2. The normalized spacial score (nSPS) is 18.4. The zero-order valence-electron chi connectivity index (χ0n) is 12.5. The van der Waals surface area contributed by atoms with Gasteiger partial charge in [-0.2, -0.15) is 0 Å². The first kappa shape index (κ1) is 15.3. The van der Waals surface area contributed by atoms with Crippen LogP contribution in [0.3, 0.4) is 0 Å². The van der Waals surface area contributed by atoms with Gasteiger partial charge >= 0.3 is 0 Å². The molecule has 23 heavy (non-hydrogen) atoms. The SMILES string of the molecule is CCN1C(=O)/C(=C/c2cc3c(cc2OC)OCO3)C(=O)NC1=S. The van der Waals surface area contributed by atoms with Gasteiger partial charge in [0.05, 0.1) is 7.11 Å². The van der Waals surface area contributed by atoms with E-state index in [0.29, 0.717) is 29.4 Å². The second-order valence-corrected chi connectivity index (χ2v) is 5.20. The van der Waals surface area contributed by atoms with Gasteiger partial charge in [0.1, 0.15) is 11.3 Å². The Morgan fingerprint density at radius 2 is 2.04 bits per heavy atom. The number of thiocarbonyl (C=S) groups is 1. The molecule has 0 bridgehead atoms. The van der Waals surface area contributed by atoms with Crippen LogP contribution in [-0.4, -0.2) is 42.3 Å². The molecule has 3 rings (SSSR count). The minimum Gasteiger partial charge on any atom is -0.496 e. The number of nitrogens with zero attached hydrogens (tertiary/aromatic N) is 1. The third kappa shape index (κ3) is 2.61. The van der Waals surface area contributed by atoms with Crippen molar-refractivity contribution < 1.29 is 23.8 Å². The van der Waals surface area contributed by atoms with E-state index in [1.54, 1.807) is 19.1 Å². The predicted octanol–water partition coefficient (Wildman–Crippen LogP) is 1.07. The minimum atomic E-state index is -0.538. The van der Waals surface area contributed by atoms with Crippen LogP contribution in [0, 0.1) is 0 Å². The van der Waals surface area contributed by atoms with Crippen molar-refractivity contribution in [1.82, 2.24) is 10.2 Å². The van der Waals surface area contributed by atoms with Crippen LogP contribution in [0.1, 0.15) is 12.5 Å². The predicted molar refractivity (Wildman–Crippen MR) is 85.2 cm³/mol. The van der Waals surface area contributed by atoms with Crippen molar-refractivity contribution in [2.45, 2.75) is 6.92 Å². The molecule has 8 heteroatoms. The van der Waals surface area contributed by atoms with E-state index in [1.165, 1.54) is 18.1 Å². The van der Waals surface area contributed by atoms with Gasteiger partial charge in [-0.25, -0.2) is 0 Å². The maximum atomic E-state index is 12.4. The van der Waals surface area contributed by atoms with Crippen molar-refractivity contribution in [1.29, 1.82) is 0 Å². The Hall–Kier alpha value is -2.61. The average molecular weight is 334 g/mol. The third-order valence-corrected chi connectivity index (χ3v) is 3.85. The van der Waals surface area contributed by atoms with E-state index in [9.17, 15) is 9.59 Å². The summed E-state index contributed by atoms with van der Waals surface area (Å²) < 4.78 is 15.9. The van der Waals surface area contributed by atoms with E-state index < -0.39 is 11.8 Å². The molecule has 0 saturated carbocycles. The summed E-state index contributed by atoms with van der Waals surface area (Å²) in [4.78, 5) is 25.9. The van der Waals surface area contributed by atoms with Crippen LogP contribution in [0.25, 0.3) is 6.08 Å². The molecular formula is C15H14N2O5S. The molecule has 1 aromatic carbocycles. The summed E-state index contributed by atoms with van der Waals surface area (Å²) in [7, 11) is 1.50. The molecular weight excluding hydrogens is 320 g/mol. The zero-order valence-corrected chi connectivity index (χ0v) is 13.4. The molecule has 120 valence electrons. The lowest BCUT2D eigenvalue weighted by molar-refractivity contribution is -0.128. The van der Waals surface area contributed by atoms with E-state index in [4.69, 9.17) is 26.4 Å². The molecule has 2 aliphatic rings. The van der Waals surface area contributed by atoms with E-state index in [0.717, 1.165) is 0 Å². The lowest BCUT2D eigenvalue weighted by Crippen LogP contribution is -2.53. The minimum absolute atomic E-state index is 0.0161. The number of methoxy groups -OCH3 is 1. The molecule has 2 amide bonds. The van der Waals surface area contributed by atoms with Gasteiger partial charge in [-0.15, -0.1) is 0 Å².